The average Bonchev–Trinajstić information content (AvgIpc) is 3.28. The smallest absolute Gasteiger partial charge is 0.324 e. The number of urea groups is 1. The maximum absolute atomic E-state index is 12.8. The van der Waals surface area contributed by atoms with Crippen molar-refractivity contribution in [1.82, 2.24) is 24.2 Å². The first-order chi connectivity index (χ1) is 13.0. The highest BCUT2D eigenvalue weighted by molar-refractivity contribution is 5.93. The SMILES string of the molecule is Cc1cc2c(cc1NC(=O)N1CCCC(c3ccn[nH]3)C1)n(C)c(=O)n2C. The largest absolute Gasteiger partial charge is 0.328 e. The van der Waals surface area contributed by atoms with Crippen molar-refractivity contribution in [2.45, 2.75) is 25.7 Å². The lowest BCUT2D eigenvalue weighted by Gasteiger charge is -2.32. The van der Waals surface area contributed by atoms with Gasteiger partial charge in [0.15, 0.2) is 0 Å². The van der Waals surface area contributed by atoms with Crippen molar-refractivity contribution in [2.24, 2.45) is 14.1 Å². The van der Waals surface area contributed by atoms with E-state index in [9.17, 15) is 9.59 Å². The summed E-state index contributed by atoms with van der Waals surface area (Å²) in [4.78, 5) is 26.8. The van der Waals surface area contributed by atoms with Gasteiger partial charge >= 0.3 is 11.7 Å². The molecule has 1 unspecified atom stereocenters. The number of anilines is 1. The molecule has 0 saturated carbocycles. The highest BCUT2D eigenvalue weighted by atomic mass is 16.2. The number of rotatable bonds is 2. The summed E-state index contributed by atoms with van der Waals surface area (Å²) in [6, 6.07) is 5.68. The number of likely N-dealkylation sites (tertiary alicyclic amines) is 1. The van der Waals surface area contributed by atoms with Crippen molar-refractivity contribution in [3.05, 3.63) is 46.1 Å². The number of aromatic nitrogens is 4. The maximum atomic E-state index is 12.8. The van der Waals surface area contributed by atoms with E-state index in [1.54, 1.807) is 29.4 Å². The van der Waals surface area contributed by atoms with Gasteiger partial charge in [0.1, 0.15) is 0 Å². The molecule has 0 aliphatic carbocycles. The molecule has 0 radical (unpaired) electrons. The van der Waals surface area contributed by atoms with Crippen LogP contribution in [-0.2, 0) is 14.1 Å². The van der Waals surface area contributed by atoms with Gasteiger partial charge in [-0.25, -0.2) is 9.59 Å². The molecule has 1 atom stereocenters. The molecular formula is C19H24N6O2. The van der Waals surface area contributed by atoms with Gasteiger partial charge in [0.25, 0.3) is 0 Å². The molecule has 27 heavy (non-hydrogen) atoms. The average molecular weight is 368 g/mol. The van der Waals surface area contributed by atoms with Crippen molar-refractivity contribution in [3.63, 3.8) is 0 Å². The fraction of sp³-hybridized carbons (Fsp3) is 0.421. The predicted molar refractivity (Wildman–Crippen MR) is 104 cm³/mol. The van der Waals surface area contributed by atoms with Gasteiger partial charge in [0.2, 0.25) is 0 Å². The Morgan fingerprint density at radius 2 is 2.00 bits per heavy atom. The summed E-state index contributed by atoms with van der Waals surface area (Å²) in [5, 5.41) is 10.1. The highest BCUT2D eigenvalue weighted by Crippen LogP contribution is 2.27. The molecule has 8 heteroatoms. The van der Waals surface area contributed by atoms with Gasteiger partial charge in [-0.3, -0.25) is 14.2 Å². The van der Waals surface area contributed by atoms with Crippen LogP contribution in [0.5, 0.6) is 0 Å². The Hall–Kier alpha value is -3.03. The summed E-state index contributed by atoms with van der Waals surface area (Å²) in [7, 11) is 3.50. The quantitative estimate of drug-likeness (QED) is 0.728. The molecule has 2 N–H and O–H groups in total. The van der Waals surface area contributed by atoms with E-state index in [-0.39, 0.29) is 17.6 Å². The second kappa shape index (κ2) is 6.61. The highest BCUT2D eigenvalue weighted by Gasteiger charge is 2.26. The van der Waals surface area contributed by atoms with E-state index in [1.165, 1.54) is 0 Å². The van der Waals surface area contributed by atoms with Gasteiger partial charge in [0, 0.05) is 50.7 Å². The van der Waals surface area contributed by atoms with E-state index >= 15 is 0 Å². The Morgan fingerprint density at radius 1 is 1.26 bits per heavy atom. The topological polar surface area (TPSA) is 88.0 Å². The van der Waals surface area contributed by atoms with Crippen molar-refractivity contribution in [1.29, 1.82) is 0 Å². The number of nitrogens with one attached hydrogen (secondary N) is 2. The molecule has 8 nitrogen and oxygen atoms in total. The molecule has 1 fully saturated rings. The van der Waals surface area contributed by atoms with Crippen LogP contribution >= 0.6 is 0 Å². The number of nitrogens with zero attached hydrogens (tertiary/aromatic N) is 4. The van der Waals surface area contributed by atoms with Gasteiger partial charge in [-0.05, 0) is 43.5 Å². The first-order valence-electron chi connectivity index (χ1n) is 9.17. The van der Waals surface area contributed by atoms with Crippen LogP contribution in [-0.4, -0.2) is 43.4 Å². The number of piperidine rings is 1. The lowest BCUT2D eigenvalue weighted by molar-refractivity contribution is 0.192. The normalized spacial score (nSPS) is 17.4. The maximum Gasteiger partial charge on any atom is 0.328 e. The summed E-state index contributed by atoms with van der Waals surface area (Å²) in [5.74, 6) is 0.283. The van der Waals surface area contributed by atoms with Crippen molar-refractivity contribution in [2.75, 3.05) is 18.4 Å². The first kappa shape index (κ1) is 17.4. The van der Waals surface area contributed by atoms with Gasteiger partial charge in [-0.15, -0.1) is 0 Å². The van der Waals surface area contributed by atoms with Crippen molar-refractivity contribution < 1.29 is 4.79 Å². The number of benzene rings is 1. The van der Waals surface area contributed by atoms with Crippen LogP contribution in [0.4, 0.5) is 10.5 Å². The minimum absolute atomic E-state index is 0.0775. The summed E-state index contributed by atoms with van der Waals surface area (Å²) >= 11 is 0. The Labute approximate surface area is 156 Å². The number of amides is 2. The van der Waals surface area contributed by atoms with E-state index in [4.69, 9.17) is 0 Å². The summed E-state index contributed by atoms with van der Waals surface area (Å²) in [6.45, 7) is 3.34. The Morgan fingerprint density at radius 3 is 2.70 bits per heavy atom. The molecule has 1 aliphatic heterocycles. The van der Waals surface area contributed by atoms with Crippen LogP contribution in [0.1, 0.15) is 30.0 Å². The molecular weight excluding hydrogens is 344 g/mol. The molecule has 2 amide bonds. The molecule has 3 aromatic rings. The lowest BCUT2D eigenvalue weighted by atomic mass is 9.95. The second-order valence-corrected chi connectivity index (χ2v) is 7.28. The standard InChI is InChI=1S/C19H24N6O2/c1-12-9-16-17(24(3)19(27)23(16)2)10-15(12)21-18(26)25-8-4-5-13(11-25)14-6-7-20-22-14/h6-7,9-10,13H,4-5,8,11H2,1-3H3,(H,20,22)(H,21,26). The molecule has 1 aromatic carbocycles. The van der Waals surface area contributed by atoms with Crippen LogP contribution in [0.15, 0.2) is 29.2 Å². The van der Waals surface area contributed by atoms with Gasteiger partial charge in [-0.1, -0.05) is 0 Å². The van der Waals surface area contributed by atoms with E-state index < -0.39 is 0 Å². The molecule has 0 spiro atoms. The third-order valence-corrected chi connectivity index (χ3v) is 5.53. The Kier molecular flexibility index (Phi) is 4.25. The van der Waals surface area contributed by atoms with Crippen LogP contribution < -0.4 is 11.0 Å². The van der Waals surface area contributed by atoms with Crippen molar-refractivity contribution in [3.8, 4) is 0 Å². The van der Waals surface area contributed by atoms with Gasteiger partial charge in [-0.2, -0.15) is 5.10 Å². The molecule has 4 rings (SSSR count). The minimum atomic E-state index is -0.109. The van der Waals surface area contributed by atoms with Crippen LogP contribution in [0.3, 0.4) is 0 Å². The van der Waals surface area contributed by atoms with E-state index in [0.29, 0.717) is 6.54 Å². The van der Waals surface area contributed by atoms with Gasteiger partial charge < -0.3 is 10.2 Å². The Balaban J connectivity index is 1.56. The number of hydrogen-bond donors (Lipinski definition) is 2. The number of imidazole rings is 1. The summed E-state index contributed by atoms with van der Waals surface area (Å²) in [6.07, 6.45) is 3.75. The second-order valence-electron chi connectivity index (χ2n) is 7.28. The van der Waals surface area contributed by atoms with E-state index in [2.05, 4.69) is 15.5 Å². The third-order valence-electron chi connectivity index (χ3n) is 5.53. The molecule has 1 aliphatic rings. The summed E-state index contributed by atoms with van der Waals surface area (Å²) in [5.41, 5.74) is 4.32. The van der Waals surface area contributed by atoms with E-state index in [0.717, 1.165) is 47.4 Å². The van der Waals surface area contributed by atoms with Gasteiger partial charge in [0.05, 0.1) is 11.0 Å². The number of carbonyl (C=O) groups excluding carboxylic acids is 1. The lowest BCUT2D eigenvalue weighted by Crippen LogP contribution is -2.41. The molecule has 142 valence electrons. The Bertz CT molecular complexity index is 1050. The number of H-pyrrole nitrogens is 1. The number of aromatic amines is 1. The number of hydrogen-bond acceptors (Lipinski definition) is 3. The zero-order valence-electron chi connectivity index (χ0n) is 15.8. The predicted octanol–water partition coefficient (Wildman–Crippen LogP) is 2.32. The fourth-order valence-corrected chi connectivity index (χ4v) is 3.89. The fourth-order valence-electron chi connectivity index (χ4n) is 3.89. The van der Waals surface area contributed by atoms with Crippen LogP contribution in [0, 0.1) is 6.92 Å². The molecule has 3 heterocycles. The molecule has 1 saturated heterocycles. The zero-order valence-corrected chi connectivity index (χ0v) is 15.8. The zero-order chi connectivity index (χ0) is 19.1. The van der Waals surface area contributed by atoms with Crippen LogP contribution in [0.25, 0.3) is 11.0 Å². The first-order valence-corrected chi connectivity index (χ1v) is 9.17. The number of fused-ring (bicyclic) bond motifs is 1. The van der Waals surface area contributed by atoms with Crippen molar-refractivity contribution >= 4 is 22.8 Å². The monoisotopic (exact) mass is 368 g/mol. The summed E-state index contributed by atoms with van der Waals surface area (Å²) < 4.78 is 3.22. The third kappa shape index (κ3) is 3.01. The molecule has 2 aromatic heterocycles. The number of aryl methyl sites for hydroxylation is 3. The molecule has 0 bridgehead atoms. The van der Waals surface area contributed by atoms with Crippen LogP contribution in [0.2, 0.25) is 0 Å². The van der Waals surface area contributed by atoms with E-state index in [1.807, 2.05) is 30.0 Å². The number of carbonyl (C=O) groups is 1. The minimum Gasteiger partial charge on any atom is -0.324 e.